The maximum absolute atomic E-state index is 12.2. The topological polar surface area (TPSA) is 52.7 Å². The van der Waals surface area contributed by atoms with Crippen LogP contribution in [0, 0.1) is 0 Å². The predicted octanol–water partition coefficient (Wildman–Crippen LogP) is 1.27. The maximum atomic E-state index is 12.2. The van der Waals surface area contributed by atoms with Crippen molar-refractivity contribution >= 4 is 35.8 Å². The number of piperazine rings is 1. The third-order valence-electron chi connectivity index (χ3n) is 3.26. The summed E-state index contributed by atoms with van der Waals surface area (Å²) in [6, 6.07) is 6.74. The van der Waals surface area contributed by atoms with E-state index in [4.69, 9.17) is 11.6 Å². The predicted molar refractivity (Wildman–Crippen MR) is 85.1 cm³/mol. The number of benzene rings is 1. The maximum Gasteiger partial charge on any atom is 0.254 e. The molecule has 1 aliphatic heterocycles. The molecule has 0 spiro atoms. The number of carbonyl (C=O) groups excluding carboxylic acids is 2. The highest BCUT2D eigenvalue weighted by atomic mass is 35.5. The summed E-state index contributed by atoms with van der Waals surface area (Å²) >= 11 is 5.87. The van der Waals surface area contributed by atoms with Gasteiger partial charge in [-0.1, -0.05) is 17.7 Å². The first-order valence-corrected chi connectivity index (χ1v) is 6.95. The molecule has 0 unspecified atom stereocenters. The van der Waals surface area contributed by atoms with Gasteiger partial charge in [0.1, 0.15) is 0 Å². The van der Waals surface area contributed by atoms with Crippen LogP contribution >= 0.6 is 24.0 Å². The van der Waals surface area contributed by atoms with Gasteiger partial charge in [0.15, 0.2) is 0 Å². The van der Waals surface area contributed by atoms with Gasteiger partial charge in [-0.2, -0.15) is 0 Å². The summed E-state index contributed by atoms with van der Waals surface area (Å²) in [5.41, 5.74) is 0.494. The molecule has 0 saturated carbocycles. The first-order chi connectivity index (χ1) is 9.58. The van der Waals surface area contributed by atoms with Gasteiger partial charge in [-0.05, 0) is 18.2 Å². The number of likely N-dealkylation sites (N-methyl/N-ethyl adjacent to an activating group) is 1. The van der Waals surface area contributed by atoms with Crippen molar-refractivity contribution in [2.75, 3.05) is 39.8 Å². The Morgan fingerprint density at radius 1 is 1.33 bits per heavy atom. The van der Waals surface area contributed by atoms with Gasteiger partial charge in [0, 0.05) is 43.8 Å². The fraction of sp³-hybridized carbons (Fsp3) is 0.429. The summed E-state index contributed by atoms with van der Waals surface area (Å²) in [7, 11) is 1.63. The second kappa shape index (κ2) is 8.22. The molecule has 5 nitrogen and oxygen atoms in total. The SMILES string of the molecule is CN(CC(=O)N1CCNCC1)C(=O)c1cccc(Cl)c1.Cl. The van der Waals surface area contributed by atoms with E-state index >= 15 is 0 Å². The number of halogens is 2. The Morgan fingerprint density at radius 3 is 2.62 bits per heavy atom. The molecule has 1 aliphatic rings. The Bertz CT molecular complexity index is 505. The van der Waals surface area contributed by atoms with Crippen LogP contribution in [0.5, 0.6) is 0 Å². The van der Waals surface area contributed by atoms with Crippen molar-refractivity contribution in [1.82, 2.24) is 15.1 Å². The van der Waals surface area contributed by atoms with E-state index in [1.165, 1.54) is 4.90 Å². The van der Waals surface area contributed by atoms with Gasteiger partial charge >= 0.3 is 0 Å². The van der Waals surface area contributed by atoms with Gasteiger partial charge in [-0.3, -0.25) is 9.59 Å². The lowest BCUT2D eigenvalue weighted by molar-refractivity contribution is -0.132. The van der Waals surface area contributed by atoms with Crippen LogP contribution < -0.4 is 5.32 Å². The second-order valence-corrected chi connectivity index (χ2v) is 5.24. The van der Waals surface area contributed by atoms with Crippen molar-refractivity contribution in [2.45, 2.75) is 0 Å². The van der Waals surface area contributed by atoms with E-state index in [1.54, 1.807) is 36.2 Å². The van der Waals surface area contributed by atoms with Crippen LogP contribution in [-0.4, -0.2) is 61.4 Å². The number of hydrogen-bond donors (Lipinski definition) is 1. The number of carbonyl (C=O) groups is 2. The molecule has 1 fully saturated rings. The Hall–Kier alpha value is -1.30. The molecule has 7 heteroatoms. The van der Waals surface area contributed by atoms with Crippen molar-refractivity contribution in [2.24, 2.45) is 0 Å². The molecule has 0 aliphatic carbocycles. The molecule has 2 amide bonds. The molecule has 116 valence electrons. The van der Waals surface area contributed by atoms with E-state index in [1.807, 2.05) is 0 Å². The van der Waals surface area contributed by atoms with Crippen LogP contribution in [0.2, 0.25) is 5.02 Å². The fourth-order valence-corrected chi connectivity index (χ4v) is 2.32. The number of rotatable bonds is 3. The standard InChI is InChI=1S/C14H18ClN3O2.ClH/c1-17(10-13(19)18-7-5-16-6-8-18)14(20)11-3-2-4-12(15)9-11;/h2-4,9,16H,5-8,10H2,1H3;1H. The molecule has 2 rings (SSSR count). The molecule has 1 saturated heterocycles. The van der Waals surface area contributed by atoms with E-state index in [2.05, 4.69) is 5.32 Å². The molecule has 0 atom stereocenters. The Balaban J connectivity index is 0.00000220. The molecule has 1 aromatic rings. The molecular weight excluding hydrogens is 313 g/mol. The first-order valence-electron chi connectivity index (χ1n) is 6.57. The van der Waals surface area contributed by atoms with Crippen molar-refractivity contribution in [3.8, 4) is 0 Å². The van der Waals surface area contributed by atoms with E-state index in [9.17, 15) is 9.59 Å². The number of hydrogen-bond acceptors (Lipinski definition) is 3. The lowest BCUT2D eigenvalue weighted by Crippen LogP contribution is -2.49. The number of amides is 2. The second-order valence-electron chi connectivity index (χ2n) is 4.80. The third kappa shape index (κ3) is 4.88. The fourth-order valence-electron chi connectivity index (χ4n) is 2.13. The zero-order valence-corrected chi connectivity index (χ0v) is 13.4. The average Bonchev–Trinajstić information content (AvgIpc) is 2.47. The van der Waals surface area contributed by atoms with Crippen molar-refractivity contribution in [3.05, 3.63) is 34.9 Å². The zero-order chi connectivity index (χ0) is 14.5. The number of nitrogens with zero attached hydrogens (tertiary/aromatic N) is 2. The zero-order valence-electron chi connectivity index (χ0n) is 11.8. The first kappa shape index (κ1) is 17.8. The van der Waals surface area contributed by atoms with Crippen LogP contribution in [0.1, 0.15) is 10.4 Å². The summed E-state index contributed by atoms with van der Waals surface area (Å²) in [5, 5.41) is 3.70. The van der Waals surface area contributed by atoms with Crippen LogP contribution in [-0.2, 0) is 4.79 Å². The van der Waals surface area contributed by atoms with Crippen LogP contribution in [0.4, 0.5) is 0 Å². The minimum atomic E-state index is -0.198. The minimum Gasteiger partial charge on any atom is -0.339 e. The van der Waals surface area contributed by atoms with Crippen LogP contribution in [0.25, 0.3) is 0 Å². The van der Waals surface area contributed by atoms with Crippen molar-refractivity contribution in [1.29, 1.82) is 0 Å². The summed E-state index contributed by atoms with van der Waals surface area (Å²) in [6.45, 7) is 3.08. The third-order valence-corrected chi connectivity index (χ3v) is 3.50. The molecule has 21 heavy (non-hydrogen) atoms. The summed E-state index contributed by atoms with van der Waals surface area (Å²) in [5.74, 6) is -0.222. The number of nitrogens with one attached hydrogen (secondary N) is 1. The summed E-state index contributed by atoms with van der Waals surface area (Å²) in [6.07, 6.45) is 0. The molecule has 1 aromatic carbocycles. The van der Waals surface area contributed by atoms with Crippen LogP contribution in [0.15, 0.2) is 24.3 Å². The van der Waals surface area contributed by atoms with Crippen molar-refractivity contribution in [3.63, 3.8) is 0 Å². The lowest BCUT2D eigenvalue weighted by Gasteiger charge is -2.29. The Kier molecular flexibility index (Phi) is 6.95. The van der Waals surface area contributed by atoms with E-state index < -0.39 is 0 Å². The Morgan fingerprint density at radius 2 is 2.00 bits per heavy atom. The smallest absolute Gasteiger partial charge is 0.254 e. The summed E-state index contributed by atoms with van der Waals surface area (Å²) < 4.78 is 0. The monoisotopic (exact) mass is 331 g/mol. The molecule has 0 bridgehead atoms. The highest BCUT2D eigenvalue weighted by molar-refractivity contribution is 6.30. The quantitative estimate of drug-likeness (QED) is 0.907. The minimum absolute atomic E-state index is 0. The largest absolute Gasteiger partial charge is 0.339 e. The van der Waals surface area contributed by atoms with Gasteiger partial charge in [-0.15, -0.1) is 12.4 Å². The van der Waals surface area contributed by atoms with Gasteiger partial charge < -0.3 is 15.1 Å². The molecule has 1 N–H and O–H groups in total. The van der Waals surface area contributed by atoms with Gasteiger partial charge in [-0.25, -0.2) is 0 Å². The molecule has 0 aromatic heterocycles. The van der Waals surface area contributed by atoms with Gasteiger partial charge in [0.25, 0.3) is 5.91 Å². The lowest BCUT2D eigenvalue weighted by atomic mass is 10.2. The molecular formula is C14H19Cl2N3O2. The van der Waals surface area contributed by atoms with Gasteiger partial charge in [0.2, 0.25) is 5.91 Å². The average molecular weight is 332 g/mol. The van der Waals surface area contributed by atoms with E-state index in [0.717, 1.165) is 13.1 Å². The summed E-state index contributed by atoms with van der Waals surface area (Å²) in [4.78, 5) is 27.5. The van der Waals surface area contributed by atoms with E-state index in [-0.39, 0.29) is 30.8 Å². The van der Waals surface area contributed by atoms with Crippen LogP contribution in [0.3, 0.4) is 0 Å². The molecule has 1 heterocycles. The highest BCUT2D eigenvalue weighted by Crippen LogP contribution is 2.12. The van der Waals surface area contributed by atoms with E-state index in [0.29, 0.717) is 23.7 Å². The van der Waals surface area contributed by atoms with Gasteiger partial charge in [0.05, 0.1) is 6.54 Å². The normalized spacial score (nSPS) is 14.3. The highest BCUT2D eigenvalue weighted by Gasteiger charge is 2.20. The van der Waals surface area contributed by atoms with Crippen molar-refractivity contribution < 1.29 is 9.59 Å². The molecule has 0 radical (unpaired) electrons. The Labute approximate surface area is 135 Å².